The van der Waals surface area contributed by atoms with Gasteiger partial charge in [0.05, 0.1) is 39.8 Å². The second-order valence-electron chi connectivity index (χ2n) is 11.4. The molecule has 0 aliphatic carbocycles. The Morgan fingerprint density at radius 2 is 1.79 bits per heavy atom. The lowest BCUT2D eigenvalue weighted by molar-refractivity contribution is -0.172. The average molecular weight is 717 g/mol. The number of furan rings is 1. The Labute approximate surface area is 286 Å². The van der Waals surface area contributed by atoms with Crippen LogP contribution < -0.4 is 0 Å². The summed E-state index contributed by atoms with van der Waals surface area (Å²) in [5.41, 5.74) is 2.88. The lowest BCUT2D eigenvalue weighted by atomic mass is 9.89. The summed E-state index contributed by atoms with van der Waals surface area (Å²) in [4.78, 5) is 53.7. The Morgan fingerprint density at radius 3 is 2.52 bits per heavy atom. The van der Waals surface area contributed by atoms with Crippen LogP contribution >= 0.6 is 23.2 Å². The molecule has 5 rings (SSSR count). The number of ether oxygens (including phenoxy) is 3. The van der Waals surface area contributed by atoms with Crippen LogP contribution in [0.5, 0.6) is 0 Å². The number of nitrogens with zero attached hydrogens (tertiary/aromatic N) is 1. The van der Waals surface area contributed by atoms with E-state index < -0.39 is 46.4 Å². The van der Waals surface area contributed by atoms with Gasteiger partial charge in [-0.3, -0.25) is 14.4 Å². The van der Waals surface area contributed by atoms with Crippen molar-refractivity contribution in [3.63, 3.8) is 0 Å². The molecule has 0 N–H and O–H groups in total. The number of hydrogen-bond donors (Lipinski definition) is 0. The van der Waals surface area contributed by atoms with Crippen LogP contribution in [0.2, 0.25) is 10.0 Å². The minimum Gasteiger partial charge on any atom is -0.464 e. The van der Waals surface area contributed by atoms with Crippen molar-refractivity contribution < 1.29 is 46.2 Å². The Balaban J connectivity index is 1.38. The van der Waals surface area contributed by atoms with E-state index in [0.717, 1.165) is 18.8 Å². The zero-order valence-electron chi connectivity index (χ0n) is 26.2. The molecule has 2 heterocycles. The first-order chi connectivity index (χ1) is 22.7. The number of halogens is 2. The lowest BCUT2D eigenvalue weighted by Gasteiger charge is -2.30. The number of fused-ring (bicyclic) bond motifs is 2. The van der Waals surface area contributed by atoms with Crippen molar-refractivity contribution >= 4 is 67.8 Å². The van der Waals surface area contributed by atoms with E-state index >= 15 is 0 Å². The van der Waals surface area contributed by atoms with Gasteiger partial charge in [0.1, 0.15) is 5.58 Å². The van der Waals surface area contributed by atoms with Crippen molar-refractivity contribution in [1.29, 1.82) is 0 Å². The zero-order chi connectivity index (χ0) is 34.7. The Kier molecular flexibility index (Phi) is 10.5. The number of rotatable bonds is 10. The molecule has 4 aromatic rings. The van der Waals surface area contributed by atoms with Gasteiger partial charge < -0.3 is 23.5 Å². The number of amides is 1. The molecule has 0 radical (unpaired) electrons. The molecule has 48 heavy (non-hydrogen) atoms. The maximum absolute atomic E-state index is 13.8. The van der Waals surface area contributed by atoms with Crippen LogP contribution in [0.1, 0.15) is 50.8 Å². The normalized spacial score (nSPS) is 14.1. The van der Waals surface area contributed by atoms with Crippen molar-refractivity contribution in [3.8, 4) is 0 Å². The van der Waals surface area contributed by atoms with Crippen LogP contribution in [0.4, 0.5) is 4.79 Å². The third-order valence-corrected chi connectivity index (χ3v) is 9.78. The van der Waals surface area contributed by atoms with E-state index in [1.807, 2.05) is 12.1 Å². The molecule has 1 aliphatic rings. The van der Waals surface area contributed by atoms with Gasteiger partial charge in [-0.05, 0) is 65.9 Å². The fraction of sp³-hybridized carbons (Fsp3) is 0.294. The van der Waals surface area contributed by atoms with Gasteiger partial charge in [-0.2, -0.15) is 0 Å². The minimum atomic E-state index is -3.55. The standard InChI is InChI=1S/C34H31Cl2NO10S/c1-19(47-34(41)44-2)46-33(40)23(13-20-5-4-6-25(14-20)48(3,42)43)16-28(38)30-27(35)15-24-18-37(11-9-26(24)31(30)36)32(39)22-8-7-21-10-12-45-29(21)17-22/h4-8,10,12,14-15,17,19,23H,9,11,13,16,18H2,1-3H3/t19?,23-/m1/s1. The molecule has 1 unspecified atom stereocenters. The Hall–Kier alpha value is -4.39. The summed E-state index contributed by atoms with van der Waals surface area (Å²) < 4.78 is 44.3. The molecule has 14 heteroatoms. The predicted octanol–water partition coefficient (Wildman–Crippen LogP) is 6.45. The van der Waals surface area contributed by atoms with Crippen molar-refractivity contribution in [2.45, 2.75) is 43.9 Å². The number of esters is 1. The monoisotopic (exact) mass is 715 g/mol. The van der Waals surface area contributed by atoms with E-state index in [2.05, 4.69) is 4.74 Å². The van der Waals surface area contributed by atoms with E-state index in [4.69, 9.17) is 37.1 Å². The first-order valence-electron chi connectivity index (χ1n) is 14.8. The smallest absolute Gasteiger partial charge is 0.464 e. The lowest BCUT2D eigenvalue weighted by Crippen LogP contribution is -2.36. The van der Waals surface area contributed by atoms with E-state index in [9.17, 15) is 27.6 Å². The molecule has 3 aromatic carbocycles. The maximum atomic E-state index is 13.8. The molecular weight excluding hydrogens is 685 g/mol. The van der Waals surface area contributed by atoms with E-state index in [1.165, 1.54) is 25.1 Å². The summed E-state index contributed by atoms with van der Waals surface area (Å²) in [7, 11) is -2.46. The van der Waals surface area contributed by atoms with E-state index in [-0.39, 0.29) is 39.4 Å². The molecule has 0 saturated heterocycles. The topological polar surface area (TPSA) is 146 Å². The highest BCUT2D eigenvalue weighted by Gasteiger charge is 2.32. The molecule has 11 nitrogen and oxygen atoms in total. The van der Waals surface area contributed by atoms with Crippen LogP contribution in [0.3, 0.4) is 0 Å². The molecule has 2 atom stereocenters. The summed E-state index contributed by atoms with van der Waals surface area (Å²) >= 11 is 13.4. The van der Waals surface area contributed by atoms with Gasteiger partial charge in [-0.25, -0.2) is 13.2 Å². The highest BCUT2D eigenvalue weighted by Crippen LogP contribution is 2.36. The second kappa shape index (κ2) is 14.4. The number of hydrogen-bond acceptors (Lipinski definition) is 10. The highest BCUT2D eigenvalue weighted by atomic mass is 35.5. The Bertz CT molecular complexity index is 2020. The third kappa shape index (κ3) is 7.83. The predicted molar refractivity (Wildman–Crippen MR) is 176 cm³/mol. The molecule has 1 aromatic heterocycles. The van der Waals surface area contributed by atoms with Crippen molar-refractivity contribution in [3.05, 3.63) is 98.7 Å². The number of methoxy groups -OCH3 is 1. The molecule has 1 amide bonds. The highest BCUT2D eigenvalue weighted by molar-refractivity contribution is 7.90. The summed E-state index contributed by atoms with van der Waals surface area (Å²) in [6.07, 6.45) is 0.0582. The summed E-state index contributed by atoms with van der Waals surface area (Å²) in [6, 6.07) is 14.6. The van der Waals surface area contributed by atoms with Crippen LogP contribution in [-0.2, 0) is 48.2 Å². The average Bonchev–Trinajstić information content (AvgIpc) is 3.51. The largest absolute Gasteiger partial charge is 0.511 e. The zero-order valence-corrected chi connectivity index (χ0v) is 28.5. The summed E-state index contributed by atoms with van der Waals surface area (Å²) in [5, 5.41) is 1.05. The quantitative estimate of drug-likeness (QED) is 0.102. The number of Topliss-reactive ketones (excluding diaryl/α,β-unsaturated/α-hetero) is 1. The van der Waals surface area contributed by atoms with Crippen LogP contribution in [-0.4, -0.2) is 63.3 Å². The van der Waals surface area contributed by atoms with Crippen LogP contribution in [0.25, 0.3) is 11.0 Å². The SMILES string of the molecule is COC(=O)OC(C)OC(=O)[C@@H](CC(=O)c1c(Cl)cc2c(c1Cl)CCN(C(=O)c1ccc3ccoc3c1)C2)Cc1cccc(S(C)(=O)=O)c1. The third-order valence-electron chi connectivity index (χ3n) is 7.96. The van der Waals surface area contributed by atoms with Gasteiger partial charge in [-0.1, -0.05) is 41.4 Å². The van der Waals surface area contributed by atoms with Crippen LogP contribution in [0.15, 0.2) is 70.2 Å². The van der Waals surface area contributed by atoms with Gasteiger partial charge in [0.25, 0.3) is 5.91 Å². The number of benzene rings is 3. The fourth-order valence-electron chi connectivity index (χ4n) is 5.57. The van der Waals surface area contributed by atoms with Crippen molar-refractivity contribution in [1.82, 2.24) is 4.90 Å². The fourth-order valence-corrected chi connectivity index (χ4v) is 7.07. The molecule has 0 fully saturated rings. The maximum Gasteiger partial charge on any atom is 0.511 e. The number of ketones is 1. The summed E-state index contributed by atoms with van der Waals surface area (Å²) in [6.45, 7) is 1.85. The molecule has 0 spiro atoms. The second-order valence-corrected chi connectivity index (χ2v) is 14.2. The van der Waals surface area contributed by atoms with Crippen molar-refractivity contribution in [2.75, 3.05) is 19.9 Å². The van der Waals surface area contributed by atoms with Gasteiger partial charge in [-0.15, -0.1) is 0 Å². The first-order valence-corrected chi connectivity index (χ1v) is 17.4. The summed E-state index contributed by atoms with van der Waals surface area (Å²) in [5.74, 6) is -2.77. The van der Waals surface area contributed by atoms with Crippen molar-refractivity contribution in [2.24, 2.45) is 5.92 Å². The van der Waals surface area contributed by atoms with Gasteiger partial charge in [0.2, 0.25) is 6.29 Å². The number of carbonyl (C=O) groups excluding carboxylic acids is 4. The van der Waals surface area contributed by atoms with E-state index in [1.54, 1.807) is 35.4 Å². The molecule has 0 saturated carbocycles. The number of sulfone groups is 1. The Morgan fingerprint density at radius 1 is 1.02 bits per heavy atom. The molecule has 1 aliphatic heterocycles. The van der Waals surface area contributed by atoms with E-state index in [0.29, 0.717) is 40.8 Å². The van der Waals surface area contributed by atoms with Gasteiger partial charge in [0, 0.05) is 43.6 Å². The first kappa shape index (κ1) is 34.9. The van der Waals surface area contributed by atoms with Crippen LogP contribution in [0, 0.1) is 5.92 Å². The minimum absolute atomic E-state index is 0.0154. The molecule has 0 bridgehead atoms. The van der Waals surface area contributed by atoms with Gasteiger partial charge >= 0.3 is 12.1 Å². The molecule has 252 valence electrons. The van der Waals surface area contributed by atoms with Gasteiger partial charge in [0.15, 0.2) is 15.6 Å². The number of carbonyl (C=O) groups is 4. The molecular formula is C34H31Cl2NO10S.